The van der Waals surface area contributed by atoms with Gasteiger partial charge in [0.15, 0.2) is 0 Å². The Labute approximate surface area is 239 Å². The van der Waals surface area contributed by atoms with E-state index < -0.39 is 11.4 Å². The zero-order valence-corrected chi connectivity index (χ0v) is 30.3. The summed E-state index contributed by atoms with van der Waals surface area (Å²) in [6, 6.07) is 0. The molecule has 0 N–H and O–H groups in total. The SMILES string of the molecule is CCCCC(CC)COP(=S)([S-])OC(C)C.CCCCC(CC)COP(=S)([S-])OC(C)C.[Zn+2]. The van der Waals surface area contributed by atoms with Crippen LogP contribution in [0.4, 0.5) is 0 Å². The first-order valence-corrected chi connectivity index (χ1v) is 19.4. The van der Waals surface area contributed by atoms with Crippen LogP contribution in [0.15, 0.2) is 0 Å². The van der Waals surface area contributed by atoms with Crippen LogP contribution >= 0.6 is 11.4 Å². The van der Waals surface area contributed by atoms with E-state index in [-0.39, 0.29) is 31.7 Å². The summed E-state index contributed by atoms with van der Waals surface area (Å²) in [5, 5.41) is 0. The summed E-state index contributed by atoms with van der Waals surface area (Å²) in [7, 11) is 0. The first-order valence-electron chi connectivity index (χ1n) is 12.1. The van der Waals surface area contributed by atoms with Crippen molar-refractivity contribution in [3.63, 3.8) is 0 Å². The summed E-state index contributed by atoms with van der Waals surface area (Å²) in [5.74, 6) is 1.14. The smallest absolute Gasteiger partial charge is 0.691 e. The third-order valence-electron chi connectivity index (χ3n) is 4.70. The van der Waals surface area contributed by atoms with Crippen LogP contribution in [0.3, 0.4) is 0 Å². The van der Waals surface area contributed by atoms with Gasteiger partial charge >= 0.3 is 19.5 Å². The molecule has 0 bridgehead atoms. The van der Waals surface area contributed by atoms with Crippen LogP contribution in [0.2, 0.25) is 0 Å². The molecule has 0 heterocycles. The third kappa shape index (κ3) is 27.3. The standard InChI is InChI=1S/2C11H25O2PS2.Zn/c2*1-5-7-8-11(6-2)9-12-14(15,16)13-10(3)4;/h2*10-11H,5-9H2,1-4H3,(H,15,16);/q;;+2/p-2. The van der Waals surface area contributed by atoms with E-state index in [2.05, 4.69) is 27.7 Å². The average molecular weight is 632 g/mol. The molecule has 196 valence electrons. The summed E-state index contributed by atoms with van der Waals surface area (Å²) in [6.45, 7) is 17.8. The van der Waals surface area contributed by atoms with Crippen LogP contribution in [0.25, 0.3) is 0 Å². The summed E-state index contributed by atoms with van der Waals surface area (Å²) in [4.78, 5) is 0. The molecular formula is C22H48O4P2S4Zn. The molecule has 0 saturated heterocycles. The minimum Gasteiger partial charge on any atom is -0.691 e. The Hall–Kier alpha value is 2.46. The molecule has 4 unspecified atom stereocenters. The minimum atomic E-state index is -2.43. The fraction of sp³-hybridized carbons (Fsp3) is 1.00. The van der Waals surface area contributed by atoms with Crippen LogP contribution in [-0.2, 0) is 85.7 Å². The Morgan fingerprint density at radius 1 is 0.667 bits per heavy atom. The zero-order valence-electron chi connectivity index (χ0n) is 22.2. The minimum absolute atomic E-state index is 0. The van der Waals surface area contributed by atoms with Gasteiger partial charge in [0.25, 0.3) is 0 Å². The van der Waals surface area contributed by atoms with Crippen LogP contribution in [0, 0.1) is 11.8 Å². The maximum Gasteiger partial charge on any atom is 2.00 e. The molecule has 0 spiro atoms. The first-order chi connectivity index (χ1) is 14.8. The van der Waals surface area contributed by atoms with E-state index in [0.717, 1.165) is 12.8 Å². The molecule has 0 aliphatic heterocycles. The zero-order chi connectivity index (χ0) is 25.2. The number of hydrogen-bond donors (Lipinski definition) is 0. The molecule has 0 radical (unpaired) electrons. The van der Waals surface area contributed by atoms with Gasteiger partial charge in [-0.3, -0.25) is 0 Å². The molecule has 33 heavy (non-hydrogen) atoms. The molecule has 0 aliphatic carbocycles. The van der Waals surface area contributed by atoms with Crippen molar-refractivity contribution in [3.8, 4) is 0 Å². The maximum absolute atomic E-state index is 5.61. The van der Waals surface area contributed by atoms with E-state index in [1.54, 1.807) is 0 Å². The van der Waals surface area contributed by atoms with Gasteiger partial charge in [0.05, 0.1) is 36.8 Å². The predicted octanol–water partition coefficient (Wildman–Crippen LogP) is 8.83. The summed E-state index contributed by atoms with van der Waals surface area (Å²) in [6.07, 6.45) is 9.66. The molecule has 0 fully saturated rings. The van der Waals surface area contributed by atoms with Crippen molar-refractivity contribution in [1.29, 1.82) is 0 Å². The molecule has 0 aromatic rings. The van der Waals surface area contributed by atoms with Crippen molar-refractivity contribution in [2.45, 2.75) is 119 Å². The second-order valence-corrected chi connectivity index (χ2v) is 18.5. The van der Waals surface area contributed by atoms with Crippen molar-refractivity contribution in [2.75, 3.05) is 13.2 Å². The molecule has 0 amide bonds. The number of rotatable bonds is 18. The fourth-order valence-corrected chi connectivity index (χ4v) is 7.50. The molecule has 0 saturated carbocycles. The van der Waals surface area contributed by atoms with Gasteiger partial charge in [0, 0.05) is 0 Å². The van der Waals surface area contributed by atoms with Gasteiger partial charge in [-0.15, -0.1) is 0 Å². The first kappa shape index (κ1) is 40.0. The summed E-state index contributed by atoms with van der Waals surface area (Å²) >= 11 is 20.7. The second kappa shape index (κ2) is 23.6. The Morgan fingerprint density at radius 3 is 1.18 bits per heavy atom. The monoisotopic (exact) mass is 630 g/mol. The largest absolute Gasteiger partial charge is 2.00 e. The van der Waals surface area contributed by atoms with Gasteiger partial charge in [0.1, 0.15) is 0 Å². The van der Waals surface area contributed by atoms with Crippen LogP contribution in [-0.4, -0.2) is 25.4 Å². The Balaban J connectivity index is -0.000000529. The van der Waals surface area contributed by atoms with Gasteiger partial charge in [-0.2, -0.15) is 0 Å². The van der Waals surface area contributed by atoms with Crippen molar-refractivity contribution in [2.24, 2.45) is 11.8 Å². The molecule has 0 aromatic carbocycles. The number of hydrogen-bond acceptors (Lipinski definition) is 8. The van der Waals surface area contributed by atoms with E-state index in [1.807, 2.05) is 27.7 Å². The molecule has 0 aliphatic rings. The quantitative estimate of drug-likeness (QED) is 0.0844. The topological polar surface area (TPSA) is 36.9 Å². The van der Waals surface area contributed by atoms with Crippen molar-refractivity contribution in [1.82, 2.24) is 0 Å². The van der Waals surface area contributed by atoms with Gasteiger partial charge in [-0.25, -0.2) is 0 Å². The molecule has 4 nitrogen and oxygen atoms in total. The van der Waals surface area contributed by atoms with E-state index >= 15 is 0 Å². The molecule has 11 heteroatoms. The van der Waals surface area contributed by atoms with Crippen LogP contribution < -0.4 is 0 Å². The van der Waals surface area contributed by atoms with Crippen molar-refractivity contribution < 1.29 is 37.6 Å². The van der Waals surface area contributed by atoms with Gasteiger partial charge < -0.3 is 42.6 Å². The predicted molar refractivity (Wildman–Crippen MR) is 154 cm³/mol. The van der Waals surface area contributed by atoms with Gasteiger partial charge in [-0.05, 0) is 52.4 Å². The van der Waals surface area contributed by atoms with Gasteiger partial charge in [0.2, 0.25) is 0 Å². The molecule has 0 rings (SSSR count). The molecular weight excluding hydrogens is 584 g/mol. The van der Waals surface area contributed by atoms with E-state index in [4.69, 9.17) is 66.2 Å². The second-order valence-electron chi connectivity index (χ2n) is 8.63. The van der Waals surface area contributed by atoms with Crippen molar-refractivity contribution in [3.05, 3.63) is 0 Å². The van der Waals surface area contributed by atoms with Crippen LogP contribution in [0.1, 0.15) is 107 Å². The average Bonchev–Trinajstić information content (AvgIpc) is 2.67. The Kier molecular flexibility index (Phi) is 28.5. The van der Waals surface area contributed by atoms with Crippen LogP contribution in [0.5, 0.6) is 0 Å². The Morgan fingerprint density at radius 2 is 0.970 bits per heavy atom. The van der Waals surface area contributed by atoms with E-state index in [0.29, 0.717) is 25.0 Å². The summed E-state index contributed by atoms with van der Waals surface area (Å²) in [5.41, 5.74) is -4.86. The molecule has 0 aromatic heterocycles. The van der Waals surface area contributed by atoms with E-state index in [1.165, 1.54) is 38.5 Å². The summed E-state index contributed by atoms with van der Waals surface area (Å²) < 4.78 is 22.1. The van der Waals surface area contributed by atoms with Gasteiger partial charge in [-0.1, -0.05) is 89.8 Å². The number of unbranched alkanes of at least 4 members (excludes halogenated alkanes) is 2. The van der Waals surface area contributed by atoms with E-state index in [9.17, 15) is 0 Å². The van der Waals surface area contributed by atoms with Crippen molar-refractivity contribution >= 4 is 59.5 Å². The molecule has 4 atom stereocenters. The Bertz CT molecular complexity index is 497. The maximum atomic E-state index is 5.61. The normalized spacial score (nSPS) is 16.8. The fourth-order valence-electron chi connectivity index (χ4n) is 2.77. The third-order valence-corrected chi connectivity index (χ3v) is 9.29.